The molecular weight excluding hydrogens is 505 g/mol. The van der Waals surface area contributed by atoms with Crippen LogP contribution in [0.5, 0.6) is 11.5 Å². The summed E-state index contributed by atoms with van der Waals surface area (Å²) < 4.78 is 17.8. The number of ether oxygens (including phenoxy) is 3. The Bertz CT molecular complexity index is 1170. The van der Waals surface area contributed by atoms with Crippen molar-refractivity contribution in [2.75, 3.05) is 7.11 Å². The van der Waals surface area contributed by atoms with Crippen molar-refractivity contribution in [1.82, 2.24) is 0 Å². The summed E-state index contributed by atoms with van der Waals surface area (Å²) in [5, 5.41) is 0. The van der Waals surface area contributed by atoms with E-state index in [1.165, 1.54) is 5.56 Å². The SMILES string of the molecule is COc1cc(/C=C2\N=C(c3ccccc3)OC2=O)cc(I)c1OCc1ccc(C)cc1. The molecule has 31 heavy (non-hydrogen) atoms. The smallest absolute Gasteiger partial charge is 0.363 e. The zero-order valence-electron chi connectivity index (χ0n) is 17.1. The molecule has 0 radical (unpaired) electrons. The molecule has 0 unspecified atom stereocenters. The van der Waals surface area contributed by atoms with E-state index in [1.54, 1.807) is 13.2 Å². The number of carbonyl (C=O) groups is 1. The fraction of sp³-hybridized carbons (Fsp3) is 0.120. The van der Waals surface area contributed by atoms with Gasteiger partial charge in [-0.1, -0.05) is 48.0 Å². The average Bonchev–Trinajstić information content (AvgIpc) is 3.14. The summed E-state index contributed by atoms with van der Waals surface area (Å²) in [4.78, 5) is 16.6. The van der Waals surface area contributed by atoms with Crippen molar-refractivity contribution in [3.05, 3.63) is 98.3 Å². The van der Waals surface area contributed by atoms with Gasteiger partial charge in [-0.15, -0.1) is 0 Å². The first kappa shape index (κ1) is 21.1. The maximum atomic E-state index is 12.3. The quantitative estimate of drug-likeness (QED) is 0.241. The van der Waals surface area contributed by atoms with Gasteiger partial charge >= 0.3 is 5.97 Å². The van der Waals surface area contributed by atoms with Crippen LogP contribution in [0.4, 0.5) is 0 Å². The second-order valence-electron chi connectivity index (χ2n) is 7.01. The van der Waals surface area contributed by atoms with Crippen molar-refractivity contribution >= 4 is 40.5 Å². The highest BCUT2D eigenvalue weighted by atomic mass is 127. The van der Waals surface area contributed by atoms with Gasteiger partial charge in [0.2, 0.25) is 5.90 Å². The molecule has 0 bridgehead atoms. The Hall–Kier alpha value is -3.13. The molecule has 1 aliphatic heterocycles. The fourth-order valence-electron chi connectivity index (χ4n) is 3.07. The lowest BCUT2D eigenvalue weighted by Gasteiger charge is -2.14. The molecule has 0 spiro atoms. The summed E-state index contributed by atoms with van der Waals surface area (Å²) in [5.74, 6) is 1.07. The normalized spacial score (nSPS) is 14.4. The van der Waals surface area contributed by atoms with Crippen molar-refractivity contribution in [2.24, 2.45) is 4.99 Å². The number of benzene rings is 3. The van der Waals surface area contributed by atoms with E-state index in [4.69, 9.17) is 14.2 Å². The van der Waals surface area contributed by atoms with Crippen LogP contribution in [0.3, 0.4) is 0 Å². The number of carbonyl (C=O) groups excluding carboxylic acids is 1. The van der Waals surface area contributed by atoms with E-state index in [2.05, 4.69) is 46.6 Å². The summed E-state index contributed by atoms with van der Waals surface area (Å²) >= 11 is 2.20. The molecule has 1 aliphatic rings. The highest BCUT2D eigenvalue weighted by Crippen LogP contribution is 2.35. The van der Waals surface area contributed by atoms with E-state index in [1.807, 2.05) is 54.6 Å². The highest BCUT2D eigenvalue weighted by molar-refractivity contribution is 14.1. The minimum atomic E-state index is -0.479. The van der Waals surface area contributed by atoms with Crippen LogP contribution in [-0.2, 0) is 16.1 Å². The molecule has 0 saturated carbocycles. The average molecular weight is 525 g/mol. The number of esters is 1. The number of halogens is 1. The third-order valence-corrected chi connectivity index (χ3v) is 5.50. The van der Waals surface area contributed by atoms with Gasteiger partial charge in [-0.25, -0.2) is 9.79 Å². The zero-order valence-corrected chi connectivity index (χ0v) is 19.3. The lowest BCUT2D eigenvalue weighted by atomic mass is 10.1. The number of methoxy groups -OCH3 is 1. The van der Waals surface area contributed by atoms with Gasteiger partial charge in [0.1, 0.15) is 6.61 Å². The maximum Gasteiger partial charge on any atom is 0.363 e. The van der Waals surface area contributed by atoms with Gasteiger partial charge in [0.05, 0.1) is 10.7 Å². The third kappa shape index (κ3) is 4.96. The Labute approximate surface area is 194 Å². The largest absolute Gasteiger partial charge is 0.493 e. The van der Waals surface area contributed by atoms with E-state index < -0.39 is 5.97 Å². The molecule has 4 rings (SSSR count). The standard InChI is InChI=1S/C25H20INO4/c1-16-8-10-17(11-9-16)15-30-23-20(26)12-18(14-22(23)29-2)13-21-25(28)31-24(27-21)19-6-4-3-5-7-19/h3-14H,15H2,1-2H3/b21-13-. The summed E-state index contributed by atoms with van der Waals surface area (Å²) in [6.45, 7) is 2.49. The van der Waals surface area contributed by atoms with Gasteiger partial charge in [-0.2, -0.15) is 0 Å². The molecule has 0 N–H and O–H groups in total. The number of aliphatic imine (C=N–C) groups is 1. The van der Waals surface area contributed by atoms with Gasteiger partial charge in [0.15, 0.2) is 17.2 Å². The molecule has 5 nitrogen and oxygen atoms in total. The van der Waals surface area contributed by atoms with E-state index >= 15 is 0 Å². The number of rotatable bonds is 6. The Morgan fingerprint density at radius 3 is 2.52 bits per heavy atom. The van der Waals surface area contributed by atoms with Crippen LogP contribution in [0, 0.1) is 10.5 Å². The van der Waals surface area contributed by atoms with Crippen LogP contribution in [-0.4, -0.2) is 19.0 Å². The van der Waals surface area contributed by atoms with Crippen LogP contribution >= 0.6 is 22.6 Å². The van der Waals surface area contributed by atoms with Gasteiger partial charge < -0.3 is 14.2 Å². The monoisotopic (exact) mass is 525 g/mol. The molecule has 0 saturated heterocycles. The molecule has 6 heteroatoms. The number of nitrogens with zero attached hydrogens (tertiary/aromatic N) is 1. The van der Waals surface area contributed by atoms with Crippen molar-refractivity contribution in [1.29, 1.82) is 0 Å². The number of hydrogen-bond donors (Lipinski definition) is 0. The van der Waals surface area contributed by atoms with Crippen molar-refractivity contribution in [3.8, 4) is 11.5 Å². The van der Waals surface area contributed by atoms with Crippen LogP contribution in [0.15, 0.2) is 77.4 Å². The van der Waals surface area contributed by atoms with Gasteiger partial charge in [-0.05, 0) is 71.0 Å². The van der Waals surface area contributed by atoms with E-state index in [9.17, 15) is 4.79 Å². The Morgan fingerprint density at radius 2 is 1.81 bits per heavy atom. The summed E-state index contributed by atoms with van der Waals surface area (Å²) in [6, 6.07) is 21.3. The summed E-state index contributed by atoms with van der Waals surface area (Å²) in [6.07, 6.45) is 1.69. The summed E-state index contributed by atoms with van der Waals surface area (Å²) in [5.41, 5.74) is 4.05. The zero-order chi connectivity index (χ0) is 21.8. The number of aryl methyl sites for hydroxylation is 1. The van der Waals surface area contributed by atoms with Crippen LogP contribution < -0.4 is 9.47 Å². The van der Waals surface area contributed by atoms with Crippen LogP contribution in [0.1, 0.15) is 22.3 Å². The predicted octanol–water partition coefficient (Wildman–Crippen LogP) is 5.53. The van der Waals surface area contributed by atoms with Crippen LogP contribution in [0.2, 0.25) is 0 Å². The molecule has 3 aromatic carbocycles. The second-order valence-corrected chi connectivity index (χ2v) is 8.17. The molecular formula is C25H20INO4. The lowest BCUT2D eigenvalue weighted by Crippen LogP contribution is -2.05. The molecule has 156 valence electrons. The first-order chi connectivity index (χ1) is 15.0. The molecule has 1 heterocycles. The first-order valence-electron chi connectivity index (χ1n) is 9.67. The van der Waals surface area contributed by atoms with Crippen LogP contribution in [0.25, 0.3) is 6.08 Å². The predicted molar refractivity (Wildman–Crippen MR) is 128 cm³/mol. The second kappa shape index (κ2) is 9.34. The Morgan fingerprint density at radius 1 is 1.06 bits per heavy atom. The lowest BCUT2D eigenvalue weighted by molar-refractivity contribution is -0.129. The third-order valence-electron chi connectivity index (χ3n) is 4.70. The minimum Gasteiger partial charge on any atom is -0.493 e. The minimum absolute atomic E-state index is 0.241. The van der Waals surface area contributed by atoms with Crippen molar-refractivity contribution in [2.45, 2.75) is 13.5 Å². The molecule has 0 aromatic heterocycles. The fourth-order valence-corrected chi connectivity index (χ4v) is 3.86. The van der Waals surface area contributed by atoms with Gasteiger partial charge in [0.25, 0.3) is 0 Å². The topological polar surface area (TPSA) is 57.1 Å². The van der Waals surface area contributed by atoms with Gasteiger partial charge in [-0.3, -0.25) is 0 Å². The maximum absolute atomic E-state index is 12.3. The van der Waals surface area contributed by atoms with E-state index in [-0.39, 0.29) is 5.70 Å². The molecule has 0 atom stereocenters. The van der Waals surface area contributed by atoms with Gasteiger partial charge in [0, 0.05) is 5.56 Å². The van der Waals surface area contributed by atoms with E-state index in [0.717, 1.165) is 20.3 Å². The first-order valence-corrected chi connectivity index (χ1v) is 10.8. The van der Waals surface area contributed by atoms with Crippen molar-refractivity contribution in [3.63, 3.8) is 0 Å². The van der Waals surface area contributed by atoms with E-state index in [0.29, 0.717) is 24.0 Å². The Balaban J connectivity index is 1.58. The highest BCUT2D eigenvalue weighted by Gasteiger charge is 2.24. The molecule has 0 aliphatic carbocycles. The Kier molecular flexibility index (Phi) is 6.36. The molecule has 0 amide bonds. The summed E-state index contributed by atoms with van der Waals surface area (Å²) in [7, 11) is 1.59. The molecule has 0 fully saturated rings. The van der Waals surface area contributed by atoms with Crippen molar-refractivity contribution < 1.29 is 19.0 Å². The number of cyclic esters (lactones) is 1. The molecule has 3 aromatic rings. The number of hydrogen-bond acceptors (Lipinski definition) is 5.